The Labute approximate surface area is 190 Å². The minimum Gasteiger partial charge on any atom is -0.478 e. The molecule has 1 aliphatic carbocycles. The number of rotatable bonds is 6. The molecule has 1 heterocycles. The fourth-order valence-electron chi connectivity index (χ4n) is 4.18. The van der Waals surface area contributed by atoms with Crippen LogP contribution in [-0.2, 0) is 0 Å². The third-order valence-corrected chi connectivity index (χ3v) is 5.89. The number of carbonyl (C=O) groups is 2. The minimum absolute atomic E-state index is 0.0748. The van der Waals surface area contributed by atoms with Crippen molar-refractivity contribution in [1.82, 2.24) is 4.58 Å². The molecular formula is C26H25N2O5+. The van der Waals surface area contributed by atoms with Gasteiger partial charge in [-0.25, -0.2) is 14.2 Å². The summed E-state index contributed by atoms with van der Waals surface area (Å²) in [5.74, 6) is -1.75. The second-order valence-corrected chi connectivity index (χ2v) is 7.66. The van der Waals surface area contributed by atoms with Gasteiger partial charge in [-0.05, 0) is 49.7 Å². The number of benzene rings is 3. The van der Waals surface area contributed by atoms with Gasteiger partial charge in [-0.1, -0.05) is 6.07 Å². The lowest BCUT2D eigenvalue weighted by Gasteiger charge is -2.17. The van der Waals surface area contributed by atoms with E-state index in [1.54, 1.807) is 6.07 Å². The summed E-state index contributed by atoms with van der Waals surface area (Å²) in [6.45, 7) is 5.84. The van der Waals surface area contributed by atoms with Crippen molar-refractivity contribution >= 4 is 28.6 Å². The Balaban J connectivity index is 2.16. The van der Waals surface area contributed by atoms with Gasteiger partial charge in [-0.2, -0.15) is 0 Å². The van der Waals surface area contributed by atoms with Crippen LogP contribution >= 0.6 is 0 Å². The molecule has 7 nitrogen and oxygen atoms in total. The first kappa shape index (κ1) is 22.1. The molecule has 3 N–H and O–H groups in total. The molecule has 168 valence electrons. The van der Waals surface area contributed by atoms with Gasteiger partial charge in [0.15, 0.2) is 0 Å². The molecule has 0 unspecified atom stereocenters. The van der Waals surface area contributed by atoms with Gasteiger partial charge < -0.3 is 19.9 Å². The van der Waals surface area contributed by atoms with Crippen LogP contribution in [0.3, 0.4) is 0 Å². The minimum atomic E-state index is -1.19. The fraction of sp³-hybridized carbons (Fsp3) is 0.192. The van der Waals surface area contributed by atoms with Gasteiger partial charge in [0.05, 0.1) is 17.2 Å². The van der Waals surface area contributed by atoms with Crippen molar-refractivity contribution in [2.45, 2.75) is 13.8 Å². The second kappa shape index (κ2) is 8.78. The van der Waals surface area contributed by atoms with E-state index in [1.165, 1.54) is 12.1 Å². The predicted octanol–water partition coefficient (Wildman–Crippen LogP) is 4.45. The molecule has 0 saturated heterocycles. The van der Waals surface area contributed by atoms with E-state index in [9.17, 15) is 19.8 Å². The molecule has 2 aliphatic rings. The van der Waals surface area contributed by atoms with Crippen LogP contribution in [0, 0.1) is 0 Å². The zero-order valence-corrected chi connectivity index (χ0v) is 18.7. The summed E-state index contributed by atoms with van der Waals surface area (Å²) in [5, 5.41) is 24.1. The molecule has 0 aromatic heterocycles. The van der Waals surface area contributed by atoms with E-state index < -0.39 is 11.9 Å². The normalized spacial score (nSPS) is 11.0. The topological polar surface area (TPSA) is 103 Å². The van der Waals surface area contributed by atoms with Crippen molar-refractivity contribution in [2.75, 3.05) is 25.5 Å². The highest BCUT2D eigenvalue weighted by atomic mass is 16.4. The molecule has 2 aromatic rings. The summed E-state index contributed by atoms with van der Waals surface area (Å²) in [4.78, 5) is 23.6. The molecule has 0 bridgehead atoms. The van der Waals surface area contributed by atoms with Gasteiger partial charge in [-0.15, -0.1) is 0 Å². The maximum absolute atomic E-state index is 12.1. The summed E-state index contributed by atoms with van der Waals surface area (Å²) in [7, 11) is 1.81. The summed E-state index contributed by atoms with van der Waals surface area (Å²) in [6.07, 6.45) is 0. The van der Waals surface area contributed by atoms with Crippen molar-refractivity contribution in [3.8, 4) is 22.5 Å². The van der Waals surface area contributed by atoms with Crippen LogP contribution in [0.5, 0.6) is 0 Å². The average Bonchev–Trinajstić information content (AvgIpc) is 2.82. The standard InChI is InChI=1S/C26H24N2O5/c1-4-28(5-2)17-8-11-20-23(14-17)33-22-13-16(27-3)7-10-19(22)24(20)18-9-6-15(25(29)30)12-21(18)26(31)32/h6-14H,4-5H2,1-3H3,(H2,29,30,31,32)/p+1. The van der Waals surface area contributed by atoms with Gasteiger partial charge in [0, 0.05) is 41.4 Å². The molecule has 0 fully saturated rings. The Kier molecular flexibility index (Phi) is 5.87. The molecule has 1 aliphatic heterocycles. The van der Waals surface area contributed by atoms with Crippen LogP contribution in [0.15, 0.2) is 59.0 Å². The monoisotopic (exact) mass is 445 g/mol. The highest BCUT2D eigenvalue weighted by Gasteiger charge is 2.23. The summed E-state index contributed by atoms with van der Waals surface area (Å²) in [6, 6.07) is 15.7. The maximum Gasteiger partial charge on any atom is 0.336 e. The Bertz CT molecular complexity index is 1430. The van der Waals surface area contributed by atoms with Gasteiger partial charge in [0.2, 0.25) is 5.36 Å². The lowest BCUT2D eigenvalue weighted by Crippen LogP contribution is -2.29. The largest absolute Gasteiger partial charge is 0.478 e. The number of nitrogens with zero attached hydrogens (tertiary/aromatic N) is 1. The molecule has 2 aromatic carbocycles. The quantitative estimate of drug-likeness (QED) is 0.299. The highest BCUT2D eigenvalue weighted by molar-refractivity contribution is 6.08. The Hall–Kier alpha value is -4.13. The second-order valence-electron chi connectivity index (χ2n) is 7.66. The number of nitrogens with one attached hydrogen (secondary N) is 1. The van der Waals surface area contributed by atoms with E-state index in [-0.39, 0.29) is 11.1 Å². The first-order chi connectivity index (χ1) is 15.9. The van der Waals surface area contributed by atoms with Crippen LogP contribution < -0.4 is 15.2 Å². The summed E-state index contributed by atoms with van der Waals surface area (Å²) >= 11 is 0. The first-order valence-electron chi connectivity index (χ1n) is 10.7. The number of aromatic carboxylic acids is 2. The van der Waals surface area contributed by atoms with Crippen LogP contribution in [-0.4, -0.2) is 42.3 Å². The molecule has 0 saturated carbocycles. The third-order valence-electron chi connectivity index (χ3n) is 5.89. The predicted molar refractivity (Wildman–Crippen MR) is 128 cm³/mol. The van der Waals surface area contributed by atoms with E-state index in [0.29, 0.717) is 22.5 Å². The summed E-state index contributed by atoms with van der Waals surface area (Å²) in [5.41, 5.74) is 3.18. The van der Waals surface area contributed by atoms with Crippen molar-refractivity contribution in [1.29, 1.82) is 0 Å². The van der Waals surface area contributed by atoms with Gasteiger partial charge in [0.1, 0.15) is 24.4 Å². The molecule has 33 heavy (non-hydrogen) atoms. The SMILES string of the molecule is CC[N+](CC)=c1ccc2c(-c3ccc(C(=O)O)cc3C(=O)O)c3ccc(NC)cc3oc-2c1. The zero-order valence-electron chi connectivity index (χ0n) is 18.7. The Morgan fingerprint density at radius 3 is 2.27 bits per heavy atom. The van der Waals surface area contributed by atoms with E-state index in [1.807, 2.05) is 43.4 Å². The molecule has 0 amide bonds. The van der Waals surface area contributed by atoms with Crippen LogP contribution in [0.25, 0.3) is 33.4 Å². The zero-order chi connectivity index (χ0) is 23.7. The van der Waals surface area contributed by atoms with Crippen molar-refractivity contribution < 1.29 is 24.2 Å². The van der Waals surface area contributed by atoms with E-state index in [2.05, 4.69) is 23.7 Å². The van der Waals surface area contributed by atoms with E-state index >= 15 is 0 Å². The fourth-order valence-corrected chi connectivity index (χ4v) is 4.18. The van der Waals surface area contributed by atoms with Crippen LogP contribution in [0.2, 0.25) is 0 Å². The number of anilines is 1. The van der Waals surface area contributed by atoms with Crippen LogP contribution in [0.1, 0.15) is 34.6 Å². The molecule has 7 heteroatoms. The number of hydrogen-bond acceptors (Lipinski definition) is 4. The number of hydrogen-bond donors (Lipinski definition) is 3. The highest BCUT2D eigenvalue weighted by Crippen LogP contribution is 2.41. The number of carboxylic acids is 2. The van der Waals surface area contributed by atoms with Gasteiger partial charge in [0.25, 0.3) is 0 Å². The number of fused-ring (bicyclic) bond motifs is 2. The van der Waals surface area contributed by atoms with Crippen molar-refractivity contribution in [2.24, 2.45) is 0 Å². The Morgan fingerprint density at radius 1 is 0.909 bits per heavy atom. The number of carboxylic acid groups (broad SMARTS) is 2. The Morgan fingerprint density at radius 2 is 1.64 bits per heavy atom. The van der Waals surface area contributed by atoms with Gasteiger partial charge in [-0.3, -0.25) is 0 Å². The summed E-state index contributed by atoms with van der Waals surface area (Å²) < 4.78 is 8.49. The van der Waals surface area contributed by atoms with E-state index in [0.717, 1.165) is 35.1 Å². The van der Waals surface area contributed by atoms with E-state index in [4.69, 9.17) is 4.42 Å². The molecule has 0 spiro atoms. The average molecular weight is 445 g/mol. The lowest BCUT2D eigenvalue weighted by atomic mass is 9.90. The van der Waals surface area contributed by atoms with Gasteiger partial charge >= 0.3 is 11.9 Å². The van der Waals surface area contributed by atoms with Crippen LogP contribution in [0.4, 0.5) is 5.69 Å². The van der Waals surface area contributed by atoms with Crippen molar-refractivity contribution in [3.05, 3.63) is 71.1 Å². The van der Waals surface area contributed by atoms with Crippen molar-refractivity contribution in [3.63, 3.8) is 0 Å². The maximum atomic E-state index is 12.1. The molecular weight excluding hydrogens is 420 g/mol. The smallest absolute Gasteiger partial charge is 0.336 e. The molecule has 4 rings (SSSR count). The first-order valence-corrected chi connectivity index (χ1v) is 10.7. The molecule has 0 atom stereocenters. The lowest BCUT2D eigenvalue weighted by molar-refractivity contribution is 0.0696. The molecule has 0 radical (unpaired) electrons. The third kappa shape index (κ3) is 3.93.